The Balaban J connectivity index is 2.62. The number of carbonyl (C=O) groups excluding carboxylic acids is 1. The highest BCUT2D eigenvalue weighted by Crippen LogP contribution is 2.12. The minimum absolute atomic E-state index is 0.183. The quantitative estimate of drug-likeness (QED) is 0.660. The van der Waals surface area contributed by atoms with Crippen LogP contribution in [0.15, 0.2) is 36.9 Å². The van der Waals surface area contributed by atoms with E-state index in [0.717, 1.165) is 9.26 Å². The number of amides is 1. The van der Waals surface area contributed by atoms with Gasteiger partial charge in [-0.3, -0.25) is 4.79 Å². The van der Waals surface area contributed by atoms with Gasteiger partial charge in [0.2, 0.25) is 5.91 Å². The molecule has 1 amide bonds. The highest BCUT2D eigenvalue weighted by molar-refractivity contribution is 14.1. The van der Waals surface area contributed by atoms with Crippen molar-refractivity contribution in [3.8, 4) is 0 Å². The molecule has 0 radical (unpaired) electrons. The third-order valence-corrected chi connectivity index (χ3v) is 2.52. The molecule has 0 aliphatic carbocycles. The van der Waals surface area contributed by atoms with Gasteiger partial charge in [0, 0.05) is 9.26 Å². The maximum absolute atomic E-state index is 11.5. The van der Waals surface area contributed by atoms with Crippen molar-refractivity contribution in [1.29, 1.82) is 0 Å². The van der Waals surface area contributed by atoms with E-state index in [1.165, 1.54) is 0 Å². The highest BCUT2D eigenvalue weighted by Gasteiger charge is 2.11. The molecule has 80 valence electrons. The number of nitrogens with one attached hydrogen (secondary N) is 1. The van der Waals surface area contributed by atoms with Crippen molar-refractivity contribution >= 4 is 34.2 Å². The summed E-state index contributed by atoms with van der Waals surface area (Å²) in [5, 5.41) is 2.75. The Hall–Kier alpha value is -0.880. The van der Waals surface area contributed by atoms with Gasteiger partial charge in [0.15, 0.2) is 0 Å². The Morgan fingerprint density at radius 2 is 2.40 bits per heavy atom. The van der Waals surface area contributed by atoms with Gasteiger partial charge in [-0.1, -0.05) is 12.1 Å². The normalized spacial score (nSPS) is 11.9. The van der Waals surface area contributed by atoms with Crippen molar-refractivity contribution in [1.82, 2.24) is 0 Å². The molecule has 0 heterocycles. The first-order valence-electron chi connectivity index (χ1n) is 4.56. The van der Waals surface area contributed by atoms with Crippen LogP contribution in [0.25, 0.3) is 0 Å². The molecular weight excluding hydrogens is 303 g/mol. The first-order valence-corrected chi connectivity index (χ1v) is 5.64. The number of benzene rings is 1. The number of hydrogen-bond donors (Lipinski definition) is 2. The zero-order chi connectivity index (χ0) is 11.3. The number of anilines is 1. The summed E-state index contributed by atoms with van der Waals surface area (Å²) in [6.07, 6.45) is 2.12. The molecular formula is C11H13IN2O. The van der Waals surface area contributed by atoms with E-state index in [1.807, 2.05) is 24.3 Å². The molecule has 15 heavy (non-hydrogen) atoms. The molecule has 0 aromatic heterocycles. The van der Waals surface area contributed by atoms with Gasteiger partial charge in [-0.2, -0.15) is 0 Å². The van der Waals surface area contributed by atoms with Crippen LogP contribution in [0.1, 0.15) is 6.42 Å². The molecule has 0 saturated carbocycles. The summed E-state index contributed by atoms with van der Waals surface area (Å²) < 4.78 is 1.07. The van der Waals surface area contributed by atoms with Gasteiger partial charge >= 0.3 is 0 Å². The van der Waals surface area contributed by atoms with E-state index in [4.69, 9.17) is 5.73 Å². The van der Waals surface area contributed by atoms with Crippen LogP contribution in [0.2, 0.25) is 0 Å². The van der Waals surface area contributed by atoms with E-state index in [-0.39, 0.29) is 5.91 Å². The van der Waals surface area contributed by atoms with Gasteiger partial charge in [-0.25, -0.2) is 0 Å². The van der Waals surface area contributed by atoms with Crippen LogP contribution in [-0.2, 0) is 4.79 Å². The molecule has 1 aromatic rings. The fraction of sp³-hybridized carbons (Fsp3) is 0.182. The minimum atomic E-state index is -0.527. The molecule has 0 aliphatic heterocycles. The van der Waals surface area contributed by atoms with Crippen molar-refractivity contribution in [3.63, 3.8) is 0 Å². The van der Waals surface area contributed by atoms with Crippen LogP contribution in [0, 0.1) is 3.57 Å². The molecule has 0 fully saturated rings. The Kier molecular flexibility index (Phi) is 4.77. The molecule has 1 unspecified atom stereocenters. The van der Waals surface area contributed by atoms with Crippen LogP contribution < -0.4 is 11.1 Å². The Labute approximate surface area is 103 Å². The van der Waals surface area contributed by atoms with Crippen molar-refractivity contribution in [2.45, 2.75) is 12.5 Å². The van der Waals surface area contributed by atoms with Crippen molar-refractivity contribution in [2.75, 3.05) is 5.32 Å². The molecule has 0 spiro atoms. The van der Waals surface area contributed by atoms with Crippen LogP contribution in [0.4, 0.5) is 5.69 Å². The summed E-state index contributed by atoms with van der Waals surface area (Å²) in [5.41, 5.74) is 6.40. The van der Waals surface area contributed by atoms with Crippen molar-refractivity contribution in [3.05, 3.63) is 40.5 Å². The first kappa shape index (κ1) is 12.2. The smallest absolute Gasteiger partial charge is 0.241 e. The summed E-state index contributed by atoms with van der Waals surface area (Å²) >= 11 is 2.19. The zero-order valence-corrected chi connectivity index (χ0v) is 10.4. The topological polar surface area (TPSA) is 55.1 Å². The van der Waals surface area contributed by atoms with Gasteiger partial charge in [-0.15, -0.1) is 6.58 Å². The monoisotopic (exact) mass is 316 g/mol. The number of carbonyl (C=O) groups is 1. The van der Waals surface area contributed by atoms with Crippen LogP contribution in [-0.4, -0.2) is 11.9 Å². The summed E-state index contributed by atoms with van der Waals surface area (Å²) in [6, 6.07) is 7.04. The van der Waals surface area contributed by atoms with Crippen LogP contribution in [0.5, 0.6) is 0 Å². The average Bonchev–Trinajstić information content (AvgIpc) is 2.18. The molecule has 1 atom stereocenters. The lowest BCUT2D eigenvalue weighted by Gasteiger charge is -2.10. The Morgan fingerprint density at radius 3 is 3.00 bits per heavy atom. The Bertz CT molecular complexity index is 365. The fourth-order valence-corrected chi connectivity index (χ4v) is 1.63. The lowest BCUT2D eigenvalue weighted by atomic mass is 10.2. The third kappa shape index (κ3) is 4.01. The molecule has 3 nitrogen and oxygen atoms in total. The molecule has 0 saturated heterocycles. The molecule has 1 aromatic carbocycles. The van der Waals surface area contributed by atoms with E-state index >= 15 is 0 Å². The third-order valence-electron chi connectivity index (χ3n) is 1.85. The van der Waals surface area contributed by atoms with Crippen molar-refractivity contribution < 1.29 is 4.79 Å². The Morgan fingerprint density at radius 1 is 1.67 bits per heavy atom. The number of hydrogen-bond acceptors (Lipinski definition) is 2. The predicted molar refractivity (Wildman–Crippen MR) is 70.6 cm³/mol. The minimum Gasteiger partial charge on any atom is -0.325 e. The van der Waals surface area contributed by atoms with E-state index < -0.39 is 6.04 Å². The van der Waals surface area contributed by atoms with Crippen molar-refractivity contribution in [2.24, 2.45) is 5.73 Å². The van der Waals surface area contributed by atoms with E-state index in [0.29, 0.717) is 6.42 Å². The first-order chi connectivity index (χ1) is 7.13. The average molecular weight is 316 g/mol. The standard InChI is InChI=1S/C11H13IN2O/c1-2-4-10(13)11(15)14-9-6-3-5-8(12)7-9/h2-3,5-7,10H,1,4,13H2,(H,14,15). The SMILES string of the molecule is C=CCC(N)C(=O)Nc1cccc(I)c1. The molecule has 0 bridgehead atoms. The summed E-state index contributed by atoms with van der Waals surface area (Å²) in [6.45, 7) is 3.54. The number of rotatable bonds is 4. The summed E-state index contributed by atoms with van der Waals surface area (Å²) in [7, 11) is 0. The lowest BCUT2D eigenvalue weighted by molar-refractivity contribution is -0.117. The van der Waals surface area contributed by atoms with E-state index in [9.17, 15) is 4.79 Å². The second-order valence-corrected chi connectivity index (χ2v) is 4.38. The largest absolute Gasteiger partial charge is 0.325 e. The van der Waals surface area contributed by atoms with E-state index in [2.05, 4.69) is 34.5 Å². The highest BCUT2D eigenvalue weighted by atomic mass is 127. The van der Waals surface area contributed by atoms with Gasteiger partial charge in [0.1, 0.15) is 0 Å². The summed E-state index contributed by atoms with van der Waals surface area (Å²) in [5.74, 6) is -0.183. The molecule has 1 rings (SSSR count). The van der Waals surface area contributed by atoms with Gasteiger partial charge in [0.05, 0.1) is 6.04 Å². The number of nitrogens with two attached hydrogens (primary N) is 1. The predicted octanol–water partition coefficient (Wildman–Crippen LogP) is 2.13. The van der Waals surface area contributed by atoms with Gasteiger partial charge in [0.25, 0.3) is 0 Å². The summed E-state index contributed by atoms with van der Waals surface area (Å²) in [4.78, 5) is 11.5. The molecule has 0 aliphatic rings. The lowest BCUT2D eigenvalue weighted by Crippen LogP contribution is -2.35. The number of halogens is 1. The van der Waals surface area contributed by atoms with Gasteiger partial charge in [-0.05, 0) is 47.2 Å². The zero-order valence-electron chi connectivity index (χ0n) is 8.24. The maximum Gasteiger partial charge on any atom is 0.241 e. The van der Waals surface area contributed by atoms with Crippen LogP contribution in [0.3, 0.4) is 0 Å². The molecule has 3 N–H and O–H groups in total. The maximum atomic E-state index is 11.5. The second kappa shape index (κ2) is 5.87. The molecule has 4 heteroatoms. The fourth-order valence-electron chi connectivity index (χ4n) is 1.09. The van der Waals surface area contributed by atoms with Gasteiger partial charge < -0.3 is 11.1 Å². The van der Waals surface area contributed by atoms with E-state index in [1.54, 1.807) is 6.08 Å². The van der Waals surface area contributed by atoms with Crippen LogP contribution >= 0.6 is 22.6 Å². The second-order valence-electron chi connectivity index (χ2n) is 3.13.